The van der Waals surface area contributed by atoms with Crippen LogP contribution in [0.1, 0.15) is 18.3 Å². The number of likely N-dealkylation sites (N-methyl/N-ethyl adjacent to an activating group) is 1. The number of ether oxygens (including phenoxy) is 2. The molecule has 104 valence electrons. The molecular formula is C12H22BrN3O2. The zero-order valence-electron chi connectivity index (χ0n) is 11.7. The van der Waals surface area contributed by atoms with Crippen LogP contribution in [0.4, 0.5) is 0 Å². The predicted octanol–water partition coefficient (Wildman–Crippen LogP) is 1.72. The molecule has 5 nitrogen and oxygen atoms in total. The Kier molecular flexibility index (Phi) is 6.28. The lowest BCUT2D eigenvalue weighted by Crippen LogP contribution is -2.42. The Labute approximate surface area is 117 Å². The second kappa shape index (κ2) is 7.23. The molecule has 1 heterocycles. The molecule has 0 fully saturated rings. The van der Waals surface area contributed by atoms with E-state index in [-0.39, 0.29) is 12.3 Å². The van der Waals surface area contributed by atoms with Gasteiger partial charge in [-0.3, -0.25) is 4.68 Å². The zero-order valence-corrected chi connectivity index (χ0v) is 13.2. The summed E-state index contributed by atoms with van der Waals surface area (Å²) in [5.41, 5.74) is 2.17. The maximum absolute atomic E-state index is 5.32. The van der Waals surface area contributed by atoms with Gasteiger partial charge in [0, 0.05) is 27.2 Å². The Morgan fingerprint density at radius 2 is 2.00 bits per heavy atom. The van der Waals surface area contributed by atoms with E-state index in [1.807, 2.05) is 18.7 Å². The number of hydrogen-bond donors (Lipinski definition) is 1. The lowest BCUT2D eigenvalue weighted by Gasteiger charge is -2.24. The molecule has 1 aromatic heterocycles. The number of aryl methyl sites for hydroxylation is 2. The van der Waals surface area contributed by atoms with Gasteiger partial charge in [-0.2, -0.15) is 5.10 Å². The fourth-order valence-corrected chi connectivity index (χ4v) is 2.48. The van der Waals surface area contributed by atoms with Crippen LogP contribution in [0.3, 0.4) is 0 Å². The summed E-state index contributed by atoms with van der Waals surface area (Å²) in [5, 5.41) is 7.72. The van der Waals surface area contributed by atoms with E-state index in [9.17, 15) is 0 Å². The van der Waals surface area contributed by atoms with Crippen LogP contribution in [0.5, 0.6) is 0 Å². The van der Waals surface area contributed by atoms with Crippen molar-refractivity contribution >= 4 is 15.9 Å². The van der Waals surface area contributed by atoms with Gasteiger partial charge in [0.1, 0.15) is 0 Å². The smallest absolute Gasteiger partial charge is 0.172 e. The second-order valence-corrected chi connectivity index (χ2v) is 4.89. The molecule has 6 heteroatoms. The van der Waals surface area contributed by atoms with E-state index in [2.05, 4.69) is 33.3 Å². The number of nitrogens with one attached hydrogen (secondary N) is 1. The molecule has 1 aromatic rings. The van der Waals surface area contributed by atoms with Crippen molar-refractivity contribution in [2.75, 3.05) is 21.3 Å². The molecule has 1 rings (SSSR count). The van der Waals surface area contributed by atoms with Gasteiger partial charge in [-0.05, 0) is 36.8 Å². The molecule has 0 bridgehead atoms. The largest absolute Gasteiger partial charge is 0.354 e. The maximum atomic E-state index is 5.32. The summed E-state index contributed by atoms with van der Waals surface area (Å²) in [6, 6.07) is 0.0812. The Bertz CT molecular complexity index is 378. The van der Waals surface area contributed by atoms with Crippen LogP contribution in [0.25, 0.3) is 0 Å². The molecule has 0 radical (unpaired) electrons. The summed E-state index contributed by atoms with van der Waals surface area (Å²) in [6.45, 7) is 4.93. The summed E-state index contributed by atoms with van der Waals surface area (Å²) in [5.74, 6) is 0. The topological polar surface area (TPSA) is 48.3 Å². The monoisotopic (exact) mass is 319 g/mol. The Balaban J connectivity index is 2.93. The summed E-state index contributed by atoms with van der Waals surface area (Å²) in [7, 11) is 5.20. The minimum atomic E-state index is -0.276. The van der Waals surface area contributed by atoms with E-state index >= 15 is 0 Å². The highest BCUT2D eigenvalue weighted by Gasteiger charge is 2.23. The Hall–Kier alpha value is -0.430. The first-order chi connectivity index (χ1) is 8.58. The maximum Gasteiger partial charge on any atom is 0.172 e. The third kappa shape index (κ3) is 3.32. The summed E-state index contributed by atoms with van der Waals surface area (Å²) in [6.07, 6.45) is 0.514. The minimum Gasteiger partial charge on any atom is -0.354 e. The van der Waals surface area contributed by atoms with Crippen molar-refractivity contribution in [2.24, 2.45) is 0 Å². The van der Waals surface area contributed by atoms with Crippen molar-refractivity contribution < 1.29 is 9.47 Å². The van der Waals surface area contributed by atoms with Gasteiger partial charge in [0.05, 0.1) is 21.9 Å². The van der Waals surface area contributed by atoms with Gasteiger partial charge in [0.25, 0.3) is 0 Å². The van der Waals surface area contributed by atoms with Gasteiger partial charge in [-0.15, -0.1) is 0 Å². The van der Waals surface area contributed by atoms with Crippen LogP contribution in [0.15, 0.2) is 4.47 Å². The van der Waals surface area contributed by atoms with E-state index in [0.717, 1.165) is 28.8 Å². The number of aromatic nitrogens is 2. The van der Waals surface area contributed by atoms with Crippen LogP contribution in [-0.4, -0.2) is 43.4 Å². The van der Waals surface area contributed by atoms with Crippen molar-refractivity contribution in [3.05, 3.63) is 15.9 Å². The van der Waals surface area contributed by atoms with Crippen LogP contribution in [-0.2, 0) is 22.4 Å². The molecular weight excluding hydrogens is 298 g/mol. The fraction of sp³-hybridized carbons (Fsp3) is 0.750. The van der Waals surface area contributed by atoms with E-state index in [4.69, 9.17) is 9.47 Å². The highest BCUT2D eigenvalue weighted by Crippen LogP contribution is 2.23. The van der Waals surface area contributed by atoms with Crippen molar-refractivity contribution in [1.82, 2.24) is 15.1 Å². The van der Waals surface area contributed by atoms with Crippen molar-refractivity contribution in [2.45, 2.75) is 39.1 Å². The third-order valence-electron chi connectivity index (χ3n) is 3.03. The average molecular weight is 320 g/mol. The first kappa shape index (κ1) is 15.6. The predicted molar refractivity (Wildman–Crippen MR) is 74.7 cm³/mol. The zero-order chi connectivity index (χ0) is 13.7. The van der Waals surface area contributed by atoms with Gasteiger partial charge < -0.3 is 14.8 Å². The number of methoxy groups -OCH3 is 2. The first-order valence-electron chi connectivity index (χ1n) is 6.03. The quantitative estimate of drug-likeness (QED) is 0.777. The van der Waals surface area contributed by atoms with Crippen LogP contribution < -0.4 is 5.32 Å². The standard InChI is InChI=1S/C12H22BrN3O2/c1-6-16-10(11(13)8(2)15-16)7-9(14-3)12(17-4)18-5/h9,12,14H,6-7H2,1-5H3. The molecule has 1 atom stereocenters. The lowest BCUT2D eigenvalue weighted by molar-refractivity contribution is -0.121. The molecule has 0 aromatic carbocycles. The molecule has 0 aliphatic carbocycles. The SMILES string of the molecule is CCn1nc(C)c(Br)c1CC(NC)C(OC)OC. The van der Waals surface area contributed by atoms with Gasteiger partial charge in [-0.1, -0.05) is 0 Å². The molecule has 0 aliphatic heterocycles. The Morgan fingerprint density at radius 1 is 1.39 bits per heavy atom. The van der Waals surface area contributed by atoms with E-state index in [0.29, 0.717) is 0 Å². The van der Waals surface area contributed by atoms with Crippen molar-refractivity contribution in [1.29, 1.82) is 0 Å². The molecule has 0 saturated heterocycles. The lowest BCUT2D eigenvalue weighted by atomic mass is 10.1. The minimum absolute atomic E-state index is 0.0812. The van der Waals surface area contributed by atoms with Gasteiger partial charge >= 0.3 is 0 Å². The summed E-state index contributed by atoms with van der Waals surface area (Å²) < 4.78 is 13.7. The van der Waals surface area contributed by atoms with Gasteiger partial charge in [0.15, 0.2) is 6.29 Å². The molecule has 1 N–H and O–H groups in total. The molecule has 18 heavy (non-hydrogen) atoms. The summed E-state index contributed by atoms with van der Waals surface area (Å²) in [4.78, 5) is 0. The highest BCUT2D eigenvalue weighted by atomic mass is 79.9. The van der Waals surface area contributed by atoms with E-state index in [1.165, 1.54) is 0 Å². The average Bonchev–Trinajstić information content (AvgIpc) is 2.66. The van der Waals surface area contributed by atoms with Gasteiger partial charge in [-0.25, -0.2) is 0 Å². The number of nitrogens with zero attached hydrogens (tertiary/aromatic N) is 2. The van der Waals surface area contributed by atoms with Crippen LogP contribution >= 0.6 is 15.9 Å². The first-order valence-corrected chi connectivity index (χ1v) is 6.82. The van der Waals surface area contributed by atoms with Crippen molar-refractivity contribution in [3.8, 4) is 0 Å². The molecule has 0 amide bonds. The number of rotatable bonds is 7. The number of halogens is 1. The second-order valence-electron chi connectivity index (χ2n) is 4.10. The Morgan fingerprint density at radius 3 is 2.44 bits per heavy atom. The molecule has 1 unspecified atom stereocenters. The molecule has 0 saturated carbocycles. The number of hydrogen-bond acceptors (Lipinski definition) is 4. The molecule has 0 spiro atoms. The van der Waals surface area contributed by atoms with Gasteiger partial charge in [0.2, 0.25) is 0 Å². The van der Waals surface area contributed by atoms with E-state index < -0.39 is 0 Å². The fourth-order valence-electron chi connectivity index (χ4n) is 2.03. The highest BCUT2D eigenvalue weighted by molar-refractivity contribution is 9.10. The summed E-state index contributed by atoms with van der Waals surface area (Å²) >= 11 is 3.60. The van der Waals surface area contributed by atoms with E-state index in [1.54, 1.807) is 14.2 Å². The van der Waals surface area contributed by atoms with Crippen LogP contribution in [0, 0.1) is 6.92 Å². The molecule has 0 aliphatic rings. The van der Waals surface area contributed by atoms with Crippen LogP contribution in [0.2, 0.25) is 0 Å². The third-order valence-corrected chi connectivity index (χ3v) is 4.06. The normalized spacial score (nSPS) is 13.3. The van der Waals surface area contributed by atoms with Crippen molar-refractivity contribution in [3.63, 3.8) is 0 Å².